The second-order valence-corrected chi connectivity index (χ2v) is 4.32. The predicted molar refractivity (Wildman–Crippen MR) is 65.9 cm³/mol. The lowest BCUT2D eigenvalue weighted by atomic mass is 9.97. The van der Waals surface area contributed by atoms with E-state index < -0.39 is 0 Å². The molecule has 1 aromatic rings. The Morgan fingerprint density at radius 3 is 2.33 bits per heavy atom. The molecule has 0 aliphatic heterocycles. The summed E-state index contributed by atoms with van der Waals surface area (Å²) in [6, 6.07) is 7.53. The minimum atomic E-state index is -0.0891. The van der Waals surface area contributed by atoms with Gasteiger partial charge in [-0.05, 0) is 24.1 Å². The highest BCUT2D eigenvalue weighted by Gasteiger charge is 2.14. The molecule has 0 amide bonds. The number of rotatable bonds is 5. The molecule has 15 heavy (non-hydrogen) atoms. The van der Waals surface area contributed by atoms with Crippen LogP contribution in [-0.4, -0.2) is 6.04 Å². The van der Waals surface area contributed by atoms with Crippen LogP contribution in [0.15, 0.2) is 24.3 Å². The maximum absolute atomic E-state index is 6.06. The molecule has 0 aliphatic carbocycles. The number of hydrogen-bond acceptors (Lipinski definition) is 2. The van der Waals surface area contributed by atoms with Crippen molar-refractivity contribution < 1.29 is 0 Å². The smallest absolute Gasteiger partial charge is 0.0448 e. The SMILES string of the molecule is CCCCC(N)C(N)c1ccc(Cl)cc1. The number of unbranched alkanes of at least 4 members (excludes halogenated alkanes) is 1. The monoisotopic (exact) mass is 226 g/mol. The van der Waals surface area contributed by atoms with E-state index in [2.05, 4.69) is 6.92 Å². The first-order chi connectivity index (χ1) is 7.15. The van der Waals surface area contributed by atoms with Crippen LogP contribution in [0.5, 0.6) is 0 Å². The Labute approximate surface area is 96.6 Å². The van der Waals surface area contributed by atoms with Crippen LogP contribution in [0.3, 0.4) is 0 Å². The highest BCUT2D eigenvalue weighted by molar-refractivity contribution is 6.30. The molecular weight excluding hydrogens is 208 g/mol. The van der Waals surface area contributed by atoms with Crippen molar-refractivity contribution in [3.63, 3.8) is 0 Å². The van der Waals surface area contributed by atoms with Gasteiger partial charge in [-0.15, -0.1) is 0 Å². The summed E-state index contributed by atoms with van der Waals surface area (Å²) in [6.45, 7) is 2.15. The number of nitrogens with two attached hydrogens (primary N) is 2. The highest BCUT2D eigenvalue weighted by Crippen LogP contribution is 2.18. The summed E-state index contributed by atoms with van der Waals surface area (Å²) < 4.78 is 0. The molecule has 0 fully saturated rings. The van der Waals surface area contributed by atoms with Crippen LogP contribution in [0.25, 0.3) is 0 Å². The van der Waals surface area contributed by atoms with E-state index in [0.717, 1.165) is 29.8 Å². The van der Waals surface area contributed by atoms with Crippen molar-refractivity contribution in [2.75, 3.05) is 0 Å². The fourth-order valence-electron chi connectivity index (χ4n) is 1.55. The Hall–Kier alpha value is -0.570. The lowest BCUT2D eigenvalue weighted by Crippen LogP contribution is -2.33. The zero-order valence-corrected chi connectivity index (χ0v) is 9.87. The van der Waals surface area contributed by atoms with E-state index in [9.17, 15) is 0 Å². The van der Waals surface area contributed by atoms with Crippen molar-refractivity contribution in [3.05, 3.63) is 34.9 Å². The molecule has 2 unspecified atom stereocenters. The van der Waals surface area contributed by atoms with Gasteiger partial charge in [-0.1, -0.05) is 43.5 Å². The third kappa shape index (κ3) is 3.82. The van der Waals surface area contributed by atoms with Crippen molar-refractivity contribution in [3.8, 4) is 0 Å². The van der Waals surface area contributed by atoms with Gasteiger partial charge in [-0.2, -0.15) is 0 Å². The van der Waals surface area contributed by atoms with Crippen molar-refractivity contribution in [2.45, 2.75) is 38.3 Å². The summed E-state index contributed by atoms with van der Waals surface area (Å²) in [5.74, 6) is 0. The molecule has 4 N–H and O–H groups in total. The number of benzene rings is 1. The first kappa shape index (κ1) is 12.5. The standard InChI is InChI=1S/C12H19ClN2/c1-2-3-4-11(14)12(15)9-5-7-10(13)8-6-9/h5-8,11-12H,2-4,14-15H2,1H3. The first-order valence-electron chi connectivity index (χ1n) is 5.41. The second-order valence-electron chi connectivity index (χ2n) is 3.88. The zero-order chi connectivity index (χ0) is 11.3. The Kier molecular flexibility index (Phi) is 5.09. The van der Waals surface area contributed by atoms with E-state index in [1.807, 2.05) is 24.3 Å². The van der Waals surface area contributed by atoms with E-state index in [-0.39, 0.29) is 12.1 Å². The molecule has 0 saturated carbocycles. The van der Waals surface area contributed by atoms with E-state index in [1.165, 1.54) is 0 Å². The van der Waals surface area contributed by atoms with Gasteiger partial charge in [0, 0.05) is 17.1 Å². The maximum atomic E-state index is 6.06. The molecule has 1 aromatic carbocycles. The minimum Gasteiger partial charge on any atom is -0.326 e. The van der Waals surface area contributed by atoms with Crippen molar-refractivity contribution in [1.82, 2.24) is 0 Å². The van der Waals surface area contributed by atoms with E-state index in [1.54, 1.807) is 0 Å². The molecule has 0 spiro atoms. The fourth-order valence-corrected chi connectivity index (χ4v) is 1.68. The van der Waals surface area contributed by atoms with Crippen LogP contribution in [0.2, 0.25) is 5.02 Å². The lowest BCUT2D eigenvalue weighted by Gasteiger charge is -2.20. The third-order valence-corrected chi connectivity index (χ3v) is 2.86. The molecule has 3 heteroatoms. The van der Waals surface area contributed by atoms with Crippen molar-refractivity contribution >= 4 is 11.6 Å². The van der Waals surface area contributed by atoms with Gasteiger partial charge in [-0.3, -0.25) is 0 Å². The van der Waals surface area contributed by atoms with Gasteiger partial charge in [0.05, 0.1) is 0 Å². The number of halogens is 1. The lowest BCUT2D eigenvalue weighted by molar-refractivity contribution is 0.493. The summed E-state index contributed by atoms with van der Waals surface area (Å²) in [6.07, 6.45) is 3.25. The van der Waals surface area contributed by atoms with Crippen LogP contribution in [0, 0.1) is 0 Å². The molecule has 0 bridgehead atoms. The van der Waals surface area contributed by atoms with Crippen LogP contribution in [-0.2, 0) is 0 Å². The molecule has 2 atom stereocenters. The van der Waals surface area contributed by atoms with Crippen LogP contribution < -0.4 is 11.5 Å². The van der Waals surface area contributed by atoms with Crippen molar-refractivity contribution in [1.29, 1.82) is 0 Å². The van der Waals surface area contributed by atoms with Gasteiger partial charge in [0.15, 0.2) is 0 Å². The molecule has 0 saturated heterocycles. The molecule has 84 valence electrons. The molecule has 0 heterocycles. The molecule has 2 nitrogen and oxygen atoms in total. The van der Waals surface area contributed by atoms with E-state index in [4.69, 9.17) is 23.1 Å². The summed E-state index contributed by atoms with van der Waals surface area (Å²) in [4.78, 5) is 0. The Balaban J connectivity index is 2.59. The maximum Gasteiger partial charge on any atom is 0.0448 e. The Morgan fingerprint density at radius 1 is 1.20 bits per heavy atom. The predicted octanol–water partition coefficient (Wildman–Crippen LogP) is 2.86. The van der Waals surface area contributed by atoms with E-state index in [0.29, 0.717) is 0 Å². The van der Waals surface area contributed by atoms with Crippen molar-refractivity contribution in [2.24, 2.45) is 11.5 Å². The Bertz CT molecular complexity index is 284. The first-order valence-corrected chi connectivity index (χ1v) is 5.79. The largest absolute Gasteiger partial charge is 0.326 e. The van der Waals surface area contributed by atoms with E-state index >= 15 is 0 Å². The normalized spacial score (nSPS) is 14.9. The summed E-state index contributed by atoms with van der Waals surface area (Å²) in [5, 5.41) is 0.730. The summed E-state index contributed by atoms with van der Waals surface area (Å²) in [5.41, 5.74) is 13.1. The molecule has 1 rings (SSSR count). The van der Waals surface area contributed by atoms with Gasteiger partial charge in [0.2, 0.25) is 0 Å². The summed E-state index contributed by atoms with van der Waals surface area (Å²) in [7, 11) is 0. The topological polar surface area (TPSA) is 52.0 Å². The van der Waals surface area contributed by atoms with Gasteiger partial charge in [0.1, 0.15) is 0 Å². The van der Waals surface area contributed by atoms with Gasteiger partial charge in [-0.25, -0.2) is 0 Å². The van der Waals surface area contributed by atoms with Gasteiger partial charge in [0.25, 0.3) is 0 Å². The zero-order valence-electron chi connectivity index (χ0n) is 9.12. The molecule has 0 radical (unpaired) electrons. The number of hydrogen-bond donors (Lipinski definition) is 2. The minimum absolute atomic E-state index is 0.0334. The quantitative estimate of drug-likeness (QED) is 0.811. The summed E-state index contributed by atoms with van der Waals surface area (Å²) >= 11 is 5.81. The fraction of sp³-hybridized carbons (Fsp3) is 0.500. The molecular formula is C12H19ClN2. The molecule has 0 aliphatic rings. The average molecular weight is 227 g/mol. The third-order valence-electron chi connectivity index (χ3n) is 2.61. The van der Waals surface area contributed by atoms with Gasteiger partial charge >= 0.3 is 0 Å². The molecule has 0 aromatic heterocycles. The Morgan fingerprint density at radius 2 is 1.80 bits per heavy atom. The average Bonchev–Trinajstić information content (AvgIpc) is 2.26. The van der Waals surface area contributed by atoms with Crippen LogP contribution in [0.1, 0.15) is 37.8 Å². The van der Waals surface area contributed by atoms with Crippen LogP contribution >= 0.6 is 11.6 Å². The van der Waals surface area contributed by atoms with Crippen LogP contribution in [0.4, 0.5) is 0 Å². The second kappa shape index (κ2) is 6.11. The highest BCUT2D eigenvalue weighted by atomic mass is 35.5. The van der Waals surface area contributed by atoms with Gasteiger partial charge < -0.3 is 11.5 Å².